The van der Waals surface area contributed by atoms with Crippen molar-refractivity contribution in [2.24, 2.45) is 0 Å². The van der Waals surface area contributed by atoms with Gasteiger partial charge in [0.15, 0.2) is 0 Å². The van der Waals surface area contributed by atoms with Gasteiger partial charge in [-0.1, -0.05) is 78.9 Å². The van der Waals surface area contributed by atoms with Crippen LogP contribution in [-0.2, 0) is 30.5 Å². The van der Waals surface area contributed by atoms with Crippen LogP contribution in [0.2, 0.25) is 0 Å². The zero-order valence-corrected chi connectivity index (χ0v) is 20.2. The Kier molecular flexibility index (Phi) is 6.87. The van der Waals surface area contributed by atoms with Crippen molar-refractivity contribution in [2.45, 2.75) is 25.7 Å². The molecule has 1 N–H and O–H groups in total. The van der Waals surface area contributed by atoms with E-state index in [1.807, 2.05) is 66.7 Å². The number of anilines is 1. The molecule has 5 rings (SSSR count). The topological polar surface area (TPSA) is 70.0 Å². The van der Waals surface area contributed by atoms with Crippen molar-refractivity contribution in [3.05, 3.63) is 119 Å². The monoisotopic (exact) mass is 514 g/mol. The van der Waals surface area contributed by atoms with E-state index in [-0.39, 0.29) is 11.9 Å². The van der Waals surface area contributed by atoms with Crippen LogP contribution in [-0.4, -0.2) is 15.7 Å². The van der Waals surface area contributed by atoms with Gasteiger partial charge in [-0.25, -0.2) is 0 Å². The van der Waals surface area contributed by atoms with Gasteiger partial charge in [-0.15, -0.1) is 0 Å². The number of carboxylic acids is 1. The molecule has 0 aliphatic rings. The molecule has 4 aromatic carbocycles. The number of hydrogen-bond acceptors (Lipinski definition) is 4. The Morgan fingerprint density at radius 1 is 0.842 bits per heavy atom. The third kappa shape index (κ3) is 5.54. The van der Waals surface area contributed by atoms with Crippen molar-refractivity contribution in [1.82, 2.24) is 9.78 Å². The van der Waals surface area contributed by atoms with E-state index < -0.39 is 17.7 Å². The number of carboxylic acid groups (broad SMARTS) is 1. The minimum absolute atomic E-state index is 0.0825. The molecule has 192 valence electrons. The van der Waals surface area contributed by atoms with E-state index >= 15 is 0 Å². The number of fused-ring (bicyclic) bond motifs is 1. The fourth-order valence-electron chi connectivity index (χ4n) is 4.48. The maximum atomic E-state index is 13.8. The van der Waals surface area contributed by atoms with E-state index in [0.717, 1.165) is 28.4 Å². The number of benzene rings is 4. The fourth-order valence-corrected chi connectivity index (χ4v) is 4.48. The van der Waals surface area contributed by atoms with E-state index in [1.165, 1.54) is 6.07 Å². The van der Waals surface area contributed by atoms with E-state index in [4.69, 9.17) is 0 Å². The summed E-state index contributed by atoms with van der Waals surface area (Å²) in [7, 11) is 0. The number of nitrogens with one attached hydrogen (secondary N) is 1. The van der Waals surface area contributed by atoms with Gasteiger partial charge in [0.2, 0.25) is 0 Å². The molecular weight excluding hydrogens is 491 g/mol. The van der Waals surface area contributed by atoms with E-state index in [2.05, 4.69) is 10.4 Å². The Morgan fingerprint density at radius 3 is 2.26 bits per heavy atom. The summed E-state index contributed by atoms with van der Waals surface area (Å²) in [6, 6.07) is 28.3. The van der Waals surface area contributed by atoms with Gasteiger partial charge in [0.25, 0.3) is 0 Å². The molecule has 0 aliphatic heterocycles. The lowest BCUT2D eigenvalue weighted by molar-refractivity contribution is -0.304. The molecule has 0 fully saturated rings. The highest BCUT2D eigenvalue weighted by atomic mass is 19.4. The third-order valence-electron chi connectivity index (χ3n) is 6.25. The molecular formula is C30H23F3N3O2-. The van der Waals surface area contributed by atoms with Gasteiger partial charge >= 0.3 is 6.18 Å². The van der Waals surface area contributed by atoms with Crippen molar-refractivity contribution >= 4 is 22.6 Å². The molecule has 8 heteroatoms. The Labute approximate surface area is 217 Å². The van der Waals surface area contributed by atoms with E-state index in [0.29, 0.717) is 29.7 Å². The van der Waals surface area contributed by atoms with Crippen LogP contribution in [0.15, 0.2) is 97.1 Å². The molecule has 0 spiro atoms. The highest BCUT2D eigenvalue weighted by Crippen LogP contribution is 2.38. The summed E-state index contributed by atoms with van der Waals surface area (Å²) in [5.41, 5.74) is 3.81. The highest BCUT2D eigenvalue weighted by molar-refractivity contribution is 5.95. The molecule has 38 heavy (non-hydrogen) atoms. The maximum Gasteiger partial charge on any atom is 0.418 e. The van der Waals surface area contributed by atoms with E-state index in [9.17, 15) is 23.1 Å². The van der Waals surface area contributed by atoms with Crippen LogP contribution in [0.1, 0.15) is 22.3 Å². The van der Waals surface area contributed by atoms with Gasteiger partial charge in [0.05, 0.1) is 17.8 Å². The van der Waals surface area contributed by atoms with Gasteiger partial charge in [-0.2, -0.15) is 18.3 Å². The molecule has 0 aliphatic carbocycles. The van der Waals surface area contributed by atoms with E-state index in [1.54, 1.807) is 22.9 Å². The SMILES string of the molecule is O=C([O-])Cc1ccc(CNc2cccc(-c3c4cccc(C(F)(F)F)c4nn3Cc3ccccc3)c2)cc1. The third-order valence-corrected chi connectivity index (χ3v) is 6.25. The second-order valence-corrected chi connectivity index (χ2v) is 8.99. The number of aliphatic carboxylic acids is 1. The number of halogens is 3. The van der Waals surface area contributed by atoms with Crippen LogP contribution in [0.3, 0.4) is 0 Å². The second-order valence-electron chi connectivity index (χ2n) is 8.99. The molecule has 5 aromatic rings. The Hall–Kier alpha value is -4.59. The van der Waals surface area contributed by atoms with Crippen LogP contribution in [0, 0.1) is 0 Å². The summed E-state index contributed by atoms with van der Waals surface area (Å²) in [6.45, 7) is 0.801. The number of alkyl halides is 3. The van der Waals surface area contributed by atoms with Crippen molar-refractivity contribution in [3.8, 4) is 11.3 Å². The van der Waals surface area contributed by atoms with Gasteiger partial charge in [-0.05, 0) is 34.9 Å². The first-order valence-corrected chi connectivity index (χ1v) is 12.0. The largest absolute Gasteiger partial charge is 0.550 e. The lowest BCUT2D eigenvalue weighted by Gasteiger charge is -2.12. The molecule has 5 nitrogen and oxygen atoms in total. The molecule has 0 unspecified atom stereocenters. The molecule has 0 radical (unpaired) electrons. The molecule has 0 bridgehead atoms. The van der Waals surface area contributed by atoms with Crippen LogP contribution < -0.4 is 10.4 Å². The minimum Gasteiger partial charge on any atom is -0.550 e. The first-order valence-electron chi connectivity index (χ1n) is 12.0. The van der Waals surface area contributed by atoms with Crippen molar-refractivity contribution in [3.63, 3.8) is 0 Å². The lowest BCUT2D eigenvalue weighted by atomic mass is 10.0. The van der Waals surface area contributed by atoms with Gasteiger partial charge < -0.3 is 15.2 Å². The van der Waals surface area contributed by atoms with Gasteiger partial charge in [0, 0.05) is 35.6 Å². The van der Waals surface area contributed by atoms with Crippen LogP contribution in [0.25, 0.3) is 22.2 Å². The highest BCUT2D eigenvalue weighted by Gasteiger charge is 2.34. The predicted molar refractivity (Wildman–Crippen MR) is 138 cm³/mol. The summed E-state index contributed by atoms with van der Waals surface area (Å²) >= 11 is 0. The number of aromatic nitrogens is 2. The van der Waals surface area contributed by atoms with Crippen LogP contribution >= 0.6 is 0 Å². The number of nitrogens with zero attached hydrogens (tertiary/aromatic N) is 2. The molecule has 0 saturated heterocycles. The first kappa shape index (κ1) is 25.1. The standard InChI is InChI=1S/C30H24F3N3O2/c31-30(32,33)26-11-5-10-25-28(26)35-36(19-22-6-2-1-3-7-22)29(25)23-8-4-9-24(17-23)34-18-21-14-12-20(13-15-21)16-27(37)38/h1-15,17,34H,16,18-19H2,(H,37,38)/p-1. The summed E-state index contributed by atoms with van der Waals surface area (Å²) in [5, 5.41) is 19.0. The second kappa shape index (κ2) is 10.4. The zero-order valence-electron chi connectivity index (χ0n) is 20.2. The molecule has 0 saturated carbocycles. The molecule has 1 heterocycles. The molecule has 0 atom stereocenters. The Morgan fingerprint density at radius 2 is 1.55 bits per heavy atom. The average Bonchev–Trinajstić information content (AvgIpc) is 3.26. The first-order chi connectivity index (χ1) is 18.3. The summed E-state index contributed by atoms with van der Waals surface area (Å²) < 4.78 is 43.1. The van der Waals surface area contributed by atoms with Crippen LogP contribution in [0.5, 0.6) is 0 Å². The average molecular weight is 515 g/mol. The van der Waals surface area contributed by atoms with Gasteiger partial charge in [-0.3, -0.25) is 4.68 Å². The maximum absolute atomic E-state index is 13.8. The quantitative estimate of drug-likeness (QED) is 0.290. The summed E-state index contributed by atoms with van der Waals surface area (Å²) in [4.78, 5) is 10.8. The minimum atomic E-state index is -4.53. The smallest absolute Gasteiger partial charge is 0.418 e. The Balaban J connectivity index is 1.49. The normalized spacial score (nSPS) is 11.6. The molecule has 0 amide bonds. The number of hydrogen-bond donors (Lipinski definition) is 1. The number of carbonyl (C=O) groups excluding carboxylic acids is 1. The fraction of sp³-hybridized carbons (Fsp3) is 0.133. The lowest BCUT2D eigenvalue weighted by Crippen LogP contribution is -2.24. The summed E-state index contributed by atoms with van der Waals surface area (Å²) in [5.74, 6) is -1.13. The van der Waals surface area contributed by atoms with Crippen molar-refractivity contribution in [1.29, 1.82) is 0 Å². The number of rotatable bonds is 8. The summed E-state index contributed by atoms with van der Waals surface area (Å²) in [6.07, 6.45) is -4.67. The Bertz CT molecular complexity index is 1580. The predicted octanol–water partition coefficient (Wildman–Crippen LogP) is 5.67. The molecule has 1 aromatic heterocycles. The van der Waals surface area contributed by atoms with Gasteiger partial charge in [0.1, 0.15) is 5.52 Å². The van der Waals surface area contributed by atoms with Crippen molar-refractivity contribution < 1.29 is 23.1 Å². The van der Waals surface area contributed by atoms with Crippen molar-refractivity contribution in [2.75, 3.05) is 5.32 Å². The number of carbonyl (C=O) groups is 1. The zero-order chi connectivity index (χ0) is 26.7. The van der Waals surface area contributed by atoms with Crippen LogP contribution in [0.4, 0.5) is 18.9 Å².